The van der Waals surface area contributed by atoms with Crippen molar-refractivity contribution in [1.82, 2.24) is 5.32 Å². The quantitative estimate of drug-likeness (QED) is 0.429. The molecule has 1 fully saturated rings. The number of nitrogens with one attached hydrogen (secondary N) is 2. The van der Waals surface area contributed by atoms with E-state index in [9.17, 15) is 0 Å². The summed E-state index contributed by atoms with van der Waals surface area (Å²) in [4.78, 5) is 0. The predicted octanol–water partition coefficient (Wildman–Crippen LogP) is -0.330. The Morgan fingerprint density at radius 3 is 3.00 bits per heavy atom. The molecule has 0 aliphatic carbocycles. The zero-order valence-electron chi connectivity index (χ0n) is 5.65. The number of hydrogen-bond acceptors (Lipinski definition) is 2. The van der Waals surface area contributed by atoms with Crippen molar-refractivity contribution >= 4 is 12.1 Å². The Labute approximate surface area is 54.9 Å². The van der Waals surface area contributed by atoms with Crippen molar-refractivity contribution < 1.29 is 4.58 Å². The average Bonchev–Trinajstić information content (AvgIpc) is 1.89. The van der Waals surface area contributed by atoms with Crippen LogP contribution in [0.5, 0.6) is 0 Å². The van der Waals surface area contributed by atoms with E-state index in [1.54, 1.807) is 0 Å². The largest absolute Gasteiger partial charge is 0.303 e. The zero-order valence-corrected chi connectivity index (χ0v) is 5.65. The second kappa shape index (κ2) is 2.73. The summed E-state index contributed by atoms with van der Waals surface area (Å²) >= 11 is 0. The summed E-state index contributed by atoms with van der Waals surface area (Å²) in [6, 6.07) is 0. The number of hydrogen-bond donors (Lipinski definition) is 2. The third-order valence-corrected chi connectivity index (χ3v) is 1.48. The van der Waals surface area contributed by atoms with Crippen LogP contribution in [0.3, 0.4) is 0 Å². The van der Waals surface area contributed by atoms with Crippen LogP contribution >= 0.6 is 0 Å². The second-order valence-electron chi connectivity index (χ2n) is 2.08. The van der Waals surface area contributed by atoms with Gasteiger partial charge in [-0.05, 0) is 6.92 Å². The Bertz CT molecular complexity index is 148. The molecule has 0 unspecified atom stereocenters. The fourth-order valence-electron chi connectivity index (χ4n) is 0.928. The van der Waals surface area contributed by atoms with Crippen LogP contribution in [0.25, 0.3) is 0 Å². The van der Waals surface area contributed by atoms with E-state index in [0.29, 0.717) is 12.4 Å². The van der Waals surface area contributed by atoms with Crippen LogP contribution in [0.2, 0.25) is 0 Å². The maximum atomic E-state index is 7.38. The minimum absolute atomic E-state index is 0.670. The van der Waals surface area contributed by atoms with Gasteiger partial charge in [-0.25, -0.2) is 4.58 Å². The normalized spacial score (nSPS) is 25.0. The topological polar surface area (TPSA) is 38.9 Å². The van der Waals surface area contributed by atoms with Crippen LogP contribution in [0, 0.1) is 5.41 Å². The smallest absolute Gasteiger partial charge is 0.302 e. The van der Waals surface area contributed by atoms with E-state index in [1.165, 1.54) is 0 Å². The molecule has 1 saturated heterocycles. The minimum atomic E-state index is 0.670. The van der Waals surface area contributed by atoms with E-state index < -0.39 is 0 Å². The van der Waals surface area contributed by atoms with E-state index >= 15 is 0 Å². The monoisotopic (exact) mass is 126 g/mol. The highest BCUT2D eigenvalue weighted by molar-refractivity contribution is 5.76. The van der Waals surface area contributed by atoms with Crippen molar-refractivity contribution in [1.29, 1.82) is 5.41 Å². The lowest BCUT2D eigenvalue weighted by molar-refractivity contribution is -0.410. The van der Waals surface area contributed by atoms with Crippen LogP contribution in [0.15, 0.2) is 0 Å². The Balaban J connectivity index is 2.60. The Morgan fingerprint density at radius 1 is 1.78 bits per heavy atom. The van der Waals surface area contributed by atoms with Crippen molar-refractivity contribution in [2.75, 3.05) is 19.6 Å². The Kier molecular flexibility index (Phi) is 1.95. The van der Waals surface area contributed by atoms with Gasteiger partial charge in [-0.2, -0.15) is 0 Å². The zero-order chi connectivity index (χ0) is 6.69. The molecule has 3 heteroatoms. The molecule has 9 heavy (non-hydrogen) atoms. The highest BCUT2D eigenvalue weighted by atomic mass is 15.1. The van der Waals surface area contributed by atoms with Gasteiger partial charge in [0, 0.05) is 6.54 Å². The standard InChI is InChI=1S/C6H12N3/c1-2-9-4-3-8-5-6(9)7/h2,7-8H,3-5H2,1H3/q+1. The van der Waals surface area contributed by atoms with Crippen LogP contribution in [-0.2, 0) is 0 Å². The first-order valence-electron chi connectivity index (χ1n) is 3.19. The van der Waals surface area contributed by atoms with E-state index in [4.69, 9.17) is 5.41 Å². The molecule has 0 saturated carbocycles. The van der Waals surface area contributed by atoms with Crippen molar-refractivity contribution in [2.45, 2.75) is 6.92 Å². The van der Waals surface area contributed by atoms with Gasteiger partial charge in [-0.15, -0.1) is 5.41 Å². The van der Waals surface area contributed by atoms with Gasteiger partial charge in [0.15, 0.2) is 0 Å². The number of rotatable bonds is 0. The van der Waals surface area contributed by atoms with E-state index in [-0.39, 0.29) is 0 Å². The molecule has 3 nitrogen and oxygen atoms in total. The molecule has 0 spiro atoms. The summed E-state index contributed by atoms with van der Waals surface area (Å²) in [5.74, 6) is 0.670. The number of amidine groups is 1. The van der Waals surface area contributed by atoms with Crippen molar-refractivity contribution in [3.8, 4) is 0 Å². The summed E-state index contributed by atoms with van der Waals surface area (Å²) < 4.78 is 1.95. The first-order chi connectivity index (χ1) is 4.34. The first-order valence-corrected chi connectivity index (χ1v) is 3.19. The minimum Gasteiger partial charge on any atom is -0.302 e. The molecule has 0 bridgehead atoms. The third-order valence-electron chi connectivity index (χ3n) is 1.48. The molecule has 1 aliphatic heterocycles. The molecule has 0 atom stereocenters. The number of piperazine rings is 1. The summed E-state index contributed by atoms with van der Waals surface area (Å²) in [5, 5.41) is 10.5. The van der Waals surface area contributed by atoms with E-state index in [2.05, 4.69) is 5.32 Å². The van der Waals surface area contributed by atoms with E-state index in [1.807, 2.05) is 17.7 Å². The van der Waals surface area contributed by atoms with Gasteiger partial charge in [0.25, 0.3) is 0 Å². The molecule has 0 aromatic carbocycles. The third kappa shape index (κ3) is 1.36. The van der Waals surface area contributed by atoms with Crippen LogP contribution in [0.1, 0.15) is 6.92 Å². The first kappa shape index (κ1) is 6.42. The van der Waals surface area contributed by atoms with Gasteiger partial charge in [-0.3, -0.25) is 0 Å². The van der Waals surface area contributed by atoms with E-state index in [0.717, 1.165) is 13.1 Å². The summed E-state index contributed by atoms with van der Waals surface area (Å²) in [6.45, 7) is 4.60. The molecular weight excluding hydrogens is 114 g/mol. The van der Waals surface area contributed by atoms with Crippen LogP contribution in [0.4, 0.5) is 0 Å². The molecule has 1 aliphatic rings. The second-order valence-corrected chi connectivity index (χ2v) is 2.08. The fraction of sp³-hybridized carbons (Fsp3) is 0.667. The molecule has 50 valence electrons. The molecule has 1 rings (SSSR count). The van der Waals surface area contributed by atoms with Gasteiger partial charge >= 0.3 is 5.84 Å². The summed E-state index contributed by atoms with van der Waals surface area (Å²) in [5.41, 5.74) is 0. The highest BCUT2D eigenvalue weighted by Crippen LogP contribution is 1.82. The predicted molar refractivity (Wildman–Crippen MR) is 37.5 cm³/mol. The Morgan fingerprint density at radius 2 is 2.56 bits per heavy atom. The fourth-order valence-corrected chi connectivity index (χ4v) is 0.928. The molecular formula is C6H12N3+. The molecule has 0 radical (unpaired) electrons. The van der Waals surface area contributed by atoms with Gasteiger partial charge in [0.2, 0.25) is 0 Å². The Hall–Kier alpha value is -0.700. The molecule has 0 amide bonds. The summed E-state index contributed by atoms with van der Waals surface area (Å²) in [7, 11) is 0. The lowest BCUT2D eigenvalue weighted by Gasteiger charge is -2.11. The van der Waals surface area contributed by atoms with Crippen molar-refractivity contribution in [3.05, 3.63) is 0 Å². The van der Waals surface area contributed by atoms with Crippen molar-refractivity contribution in [3.63, 3.8) is 0 Å². The van der Waals surface area contributed by atoms with Crippen molar-refractivity contribution in [2.24, 2.45) is 0 Å². The molecule has 2 N–H and O–H groups in total. The van der Waals surface area contributed by atoms with Gasteiger partial charge in [0.1, 0.15) is 13.1 Å². The highest BCUT2D eigenvalue weighted by Gasteiger charge is 2.14. The van der Waals surface area contributed by atoms with Crippen LogP contribution < -0.4 is 5.32 Å². The molecule has 0 aromatic rings. The molecule has 0 aromatic heterocycles. The van der Waals surface area contributed by atoms with Gasteiger partial charge in [-0.1, -0.05) is 0 Å². The lowest BCUT2D eigenvalue weighted by atomic mass is 10.4. The summed E-state index contributed by atoms with van der Waals surface area (Å²) in [6.07, 6.45) is 1.95. The number of nitrogens with zero attached hydrogens (tertiary/aromatic N) is 1. The lowest BCUT2D eigenvalue weighted by Crippen LogP contribution is -2.42. The van der Waals surface area contributed by atoms with Gasteiger partial charge < -0.3 is 5.32 Å². The van der Waals surface area contributed by atoms with Crippen LogP contribution in [-0.4, -0.2) is 36.3 Å². The SMILES string of the molecule is CC=[N+]1CCNCC1=N. The molecule has 1 heterocycles. The maximum absolute atomic E-state index is 7.38. The van der Waals surface area contributed by atoms with Gasteiger partial charge in [0.05, 0.1) is 6.21 Å². The average molecular weight is 126 g/mol. The maximum Gasteiger partial charge on any atom is 0.303 e.